The number of fused-ring (bicyclic) bond motifs is 1. The number of hydrogen-bond donors (Lipinski definition) is 5. The van der Waals surface area contributed by atoms with E-state index in [1.165, 1.54) is 6.33 Å². The Morgan fingerprint density at radius 2 is 2.15 bits per heavy atom. The van der Waals surface area contributed by atoms with Crippen molar-refractivity contribution in [3.63, 3.8) is 0 Å². The van der Waals surface area contributed by atoms with E-state index in [9.17, 15) is 15.0 Å². The van der Waals surface area contributed by atoms with Crippen LogP contribution in [0.4, 0.5) is 5.82 Å². The van der Waals surface area contributed by atoms with Crippen LogP contribution in [0.15, 0.2) is 18.6 Å². The Balaban J connectivity index is 1.68. The van der Waals surface area contributed by atoms with Crippen molar-refractivity contribution in [3.8, 4) is 0 Å². The monoisotopic (exact) mass is 398 g/mol. The zero-order valence-electron chi connectivity index (χ0n) is 14.8. The number of carbonyl (C=O) groups is 1. The molecule has 148 valence electrons. The molecule has 1 saturated heterocycles. The molecule has 0 amide bonds. The van der Waals surface area contributed by atoms with E-state index >= 15 is 0 Å². The molecule has 3 rings (SSSR count). The van der Waals surface area contributed by atoms with Gasteiger partial charge in [0, 0.05) is 12.6 Å². The second-order valence-electron chi connectivity index (χ2n) is 6.65. The molecule has 10 nitrogen and oxygen atoms in total. The smallest absolute Gasteiger partial charge is 0.320 e. The number of nitrogens with zero attached hydrogens (tertiary/aromatic N) is 3. The molecule has 3 heterocycles. The number of nitrogens with two attached hydrogens (primary N) is 2. The molecule has 0 aliphatic carbocycles. The first-order valence-electron chi connectivity index (χ1n) is 8.45. The predicted molar refractivity (Wildman–Crippen MR) is 101 cm³/mol. The summed E-state index contributed by atoms with van der Waals surface area (Å²) < 4.78 is 7.56. The molecule has 1 fully saturated rings. The number of aliphatic hydroxyl groups is 2. The van der Waals surface area contributed by atoms with Gasteiger partial charge in [-0.1, -0.05) is 0 Å². The fraction of sp³-hybridized carbons (Fsp3) is 0.562. The van der Waals surface area contributed by atoms with Crippen molar-refractivity contribution < 1.29 is 24.9 Å². The van der Waals surface area contributed by atoms with Crippen LogP contribution >= 0.6 is 0 Å². The Hall–Kier alpha value is -1.92. The maximum atomic E-state index is 10.8. The fourth-order valence-electron chi connectivity index (χ4n) is 3.11. The largest absolute Gasteiger partial charge is 0.480 e. The highest BCUT2D eigenvalue weighted by atomic mass is 32.2. The normalized spacial score (nSPS) is 27.7. The van der Waals surface area contributed by atoms with E-state index in [1.54, 1.807) is 16.8 Å². The van der Waals surface area contributed by atoms with Crippen LogP contribution in [0.2, 0.25) is 0 Å². The lowest BCUT2D eigenvalue weighted by Gasteiger charge is -2.17. The van der Waals surface area contributed by atoms with Crippen molar-refractivity contribution >= 4 is 33.7 Å². The molecule has 0 bridgehead atoms. The molecule has 0 spiro atoms. The average Bonchev–Trinajstić information content (AvgIpc) is 3.17. The molecule has 0 saturated carbocycles. The first kappa shape index (κ1) is 19.8. The summed E-state index contributed by atoms with van der Waals surface area (Å²) >= 11 is 0. The molecule has 1 aliphatic heterocycles. The van der Waals surface area contributed by atoms with Gasteiger partial charge in [0.05, 0.1) is 11.6 Å². The van der Waals surface area contributed by atoms with E-state index in [-0.39, 0.29) is 10.9 Å². The minimum atomic E-state index is -1.12. The minimum absolute atomic E-state index is 0.219. The van der Waals surface area contributed by atoms with Crippen LogP contribution < -0.4 is 11.5 Å². The van der Waals surface area contributed by atoms with Crippen LogP contribution in [-0.2, 0) is 20.4 Å². The molecule has 6 atom stereocenters. The summed E-state index contributed by atoms with van der Waals surface area (Å²) in [6.45, 7) is 0. The zero-order chi connectivity index (χ0) is 19.7. The Labute approximate surface area is 158 Å². The lowest BCUT2D eigenvalue weighted by Crippen LogP contribution is -2.37. The molecule has 0 aromatic carbocycles. The SMILES string of the molecule is C[S+](CCC(N)C(=O)O)C[C@H]1O[C@@H](n2ccc3c(N)ncnc32)[C@H](O)[C@@H]1O. The zero-order valence-corrected chi connectivity index (χ0v) is 15.6. The third kappa shape index (κ3) is 4.01. The Morgan fingerprint density at radius 3 is 2.85 bits per heavy atom. The number of carboxylic acid groups (broad SMARTS) is 1. The van der Waals surface area contributed by atoms with E-state index in [4.69, 9.17) is 21.3 Å². The first-order chi connectivity index (χ1) is 12.8. The maximum absolute atomic E-state index is 10.8. The molecule has 2 unspecified atom stereocenters. The van der Waals surface area contributed by atoms with Crippen molar-refractivity contribution in [2.45, 2.75) is 37.0 Å². The molecule has 2 aromatic rings. The van der Waals surface area contributed by atoms with Gasteiger partial charge >= 0.3 is 5.97 Å². The average molecular weight is 398 g/mol. The minimum Gasteiger partial charge on any atom is -0.480 e. The summed E-state index contributed by atoms with van der Waals surface area (Å²) in [5.41, 5.74) is 11.9. The standard InChI is InChI=1S/C16H23N5O5S/c1-27(5-3-9(17)16(24)25)6-10-11(22)12(23)15(26-10)21-4-2-8-13(18)19-7-20-14(8)21/h2,4,7,9-12,15,22-23H,3,5-6,17H2,1H3,(H2-,18,19,20,24,25)/p+1/t9?,10-,11-,12-,15-,27?/m1/s1. The summed E-state index contributed by atoms with van der Waals surface area (Å²) in [6, 6.07) is 0.835. The van der Waals surface area contributed by atoms with Gasteiger partial charge in [-0.2, -0.15) is 0 Å². The number of anilines is 1. The second-order valence-corrected chi connectivity index (χ2v) is 8.96. The number of rotatable bonds is 7. The maximum Gasteiger partial charge on any atom is 0.320 e. The van der Waals surface area contributed by atoms with Gasteiger partial charge in [-0.15, -0.1) is 0 Å². The van der Waals surface area contributed by atoms with Gasteiger partial charge in [0.25, 0.3) is 0 Å². The summed E-state index contributed by atoms with van der Waals surface area (Å²) in [4.78, 5) is 18.9. The van der Waals surface area contributed by atoms with Crippen LogP contribution in [0, 0.1) is 0 Å². The van der Waals surface area contributed by atoms with Gasteiger partial charge in [-0.05, 0) is 17.0 Å². The summed E-state index contributed by atoms with van der Waals surface area (Å²) in [6.07, 6.45) is 1.78. The lowest BCUT2D eigenvalue weighted by molar-refractivity contribution is -0.138. The van der Waals surface area contributed by atoms with E-state index in [2.05, 4.69) is 9.97 Å². The van der Waals surface area contributed by atoms with E-state index < -0.39 is 36.6 Å². The Kier molecular flexibility index (Phi) is 5.86. The first-order valence-corrected chi connectivity index (χ1v) is 10.4. The lowest BCUT2D eigenvalue weighted by atomic mass is 10.1. The van der Waals surface area contributed by atoms with Crippen molar-refractivity contribution in [1.29, 1.82) is 0 Å². The van der Waals surface area contributed by atoms with Crippen molar-refractivity contribution in [3.05, 3.63) is 18.6 Å². The second kappa shape index (κ2) is 7.98. The molecule has 0 radical (unpaired) electrons. The number of ether oxygens (including phenoxy) is 1. The highest BCUT2D eigenvalue weighted by Gasteiger charge is 2.46. The highest BCUT2D eigenvalue weighted by Crippen LogP contribution is 2.33. The molecule has 1 aliphatic rings. The number of hydrogen-bond acceptors (Lipinski definition) is 8. The van der Waals surface area contributed by atoms with Crippen molar-refractivity contribution in [1.82, 2.24) is 14.5 Å². The predicted octanol–water partition coefficient (Wildman–Crippen LogP) is -1.32. The van der Waals surface area contributed by atoms with E-state index in [1.807, 2.05) is 6.26 Å². The molecule has 11 heteroatoms. The van der Waals surface area contributed by atoms with E-state index in [0.29, 0.717) is 34.8 Å². The molecule has 27 heavy (non-hydrogen) atoms. The van der Waals surface area contributed by atoms with Gasteiger partial charge in [-0.3, -0.25) is 4.79 Å². The van der Waals surface area contributed by atoms with Crippen LogP contribution in [-0.4, -0.2) is 77.9 Å². The third-order valence-corrected chi connectivity index (χ3v) is 6.52. The molecular weight excluding hydrogens is 374 g/mol. The third-order valence-electron chi connectivity index (χ3n) is 4.69. The van der Waals surface area contributed by atoms with Crippen LogP contribution in [0.1, 0.15) is 12.6 Å². The van der Waals surface area contributed by atoms with Crippen LogP contribution in [0.3, 0.4) is 0 Å². The highest BCUT2D eigenvalue weighted by molar-refractivity contribution is 7.96. The van der Waals surface area contributed by atoms with Gasteiger partial charge in [-0.25, -0.2) is 9.97 Å². The summed E-state index contributed by atoms with van der Waals surface area (Å²) in [7, 11) is -0.219. The number of aliphatic hydroxyl groups excluding tert-OH is 2. The topological polar surface area (TPSA) is 170 Å². The van der Waals surface area contributed by atoms with E-state index in [0.717, 1.165) is 0 Å². The summed E-state index contributed by atoms with van der Waals surface area (Å²) in [5.74, 6) is 0.405. The number of aliphatic carboxylic acids is 1. The fourth-order valence-corrected chi connectivity index (χ4v) is 4.77. The van der Waals surface area contributed by atoms with Gasteiger partial charge in [0.15, 0.2) is 6.23 Å². The number of aromatic nitrogens is 3. The quantitative estimate of drug-likeness (QED) is 0.355. The number of carboxylic acids is 1. The molecule has 7 N–H and O–H groups in total. The summed E-state index contributed by atoms with van der Waals surface area (Å²) in [5, 5.41) is 30.4. The van der Waals surface area contributed by atoms with Gasteiger partial charge < -0.3 is 36.1 Å². The molecule has 2 aromatic heterocycles. The Bertz CT molecular complexity index is 818. The van der Waals surface area contributed by atoms with Gasteiger partial charge in [0.1, 0.15) is 53.7 Å². The Morgan fingerprint density at radius 1 is 1.41 bits per heavy atom. The molecular formula is C16H24N5O5S+. The number of nitrogen functional groups attached to an aromatic ring is 1. The van der Waals surface area contributed by atoms with Crippen LogP contribution in [0.25, 0.3) is 11.0 Å². The van der Waals surface area contributed by atoms with Gasteiger partial charge in [0.2, 0.25) is 0 Å². The van der Waals surface area contributed by atoms with Crippen LogP contribution in [0.5, 0.6) is 0 Å². The van der Waals surface area contributed by atoms with Crippen molar-refractivity contribution in [2.24, 2.45) is 5.73 Å². The van der Waals surface area contributed by atoms with Crippen molar-refractivity contribution in [2.75, 3.05) is 23.5 Å².